The summed E-state index contributed by atoms with van der Waals surface area (Å²) in [6.07, 6.45) is 0. The molecule has 0 saturated heterocycles. The Morgan fingerprint density at radius 2 is 0.625 bits per heavy atom. The van der Waals surface area contributed by atoms with Crippen LogP contribution in [0.4, 0.5) is 0 Å². The molecule has 310 valence electrons. The second-order valence-electron chi connectivity index (χ2n) is 18.2. The van der Waals surface area contributed by atoms with Crippen molar-refractivity contribution in [3.63, 3.8) is 0 Å². The molecule has 9 aromatic rings. The lowest BCUT2D eigenvalue weighted by Gasteiger charge is -2.39. The lowest BCUT2D eigenvalue weighted by atomic mass is 9.78. The van der Waals surface area contributed by atoms with Crippen LogP contribution < -0.4 is 31.8 Å². The van der Waals surface area contributed by atoms with Gasteiger partial charge in [0.25, 0.3) is 0 Å². The number of benzene rings is 8. The molecular weight excluding hydrogens is 817 g/mol. The van der Waals surface area contributed by atoms with E-state index in [1.54, 1.807) is 0 Å². The van der Waals surface area contributed by atoms with Crippen LogP contribution in [0.5, 0.6) is 0 Å². The molecule has 2 aliphatic heterocycles. The van der Waals surface area contributed by atoms with Crippen molar-refractivity contribution in [3.8, 4) is 44.8 Å². The summed E-state index contributed by atoms with van der Waals surface area (Å²) in [5.74, 6) is 0. The fourth-order valence-electron chi connectivity index (χ4n) is 10.4. The summed E-state index contributed by atoms with van der Waals surface area (Å²) in [5.41, 5.74) is 11.4. The molecule has 1 aromatic heterocycles. The number of fused-ring (bicyclic) bond motifs is 4. The van der Waals surface area contributed by atoms with E-state index >= 15 is 9.13 Å². The van der Waals surface area contributed by atoms with Gasteiger partial charge in [-0.05, 0) is 68.8 Å². The van der Waals surface area contributed by atoms with Gasteiger partial charge < -0.3 is 9.13 Å². The van der Waals surface area contributed by atoms with Crippen LogP contribution in [0.25, 0.3) is 44.8 Å². The zero-order chi connectivity index (χ0) is 43.8. The molecule has 3 heterocycles. The van der Waals surface area contributed by atoms with Crippen molar-refractivity contribution < 1.29 is 9.13 Å². The normalized spacial score (nSPS) is 15.8. The Morgan fingerprint density at radius 3 is 1.02 bits per heavy atom. The zero-order valence-electron chi connectivity index (χ0n) is 36.4. The largest absolute Gasteiger partial charge is 0.309 e. The molecule has 8 aromatic carbocycles. The Kier molecular flexibility index (Phi) is 9.41. The van der Waals surface area contributed by atoms with Gasteiger partial charge in [0.1, 0.15) is 0 Å². The lowest BCUT2D eigenvalue weighted by Crippen LogP contribution is -2.42. The van der Waals surface area contributed by atoms with Gasteiger partial charge in [-0.2, -0.15) is 0 Å². The maximum absolute atomic E-state index is 16.1. The molecule has 0 aliphatic carbocycles. The Bertz CT molecular complexity index is 3110. The van der Waals surface area contributed by atoms with Crippen LogP contribution in [0.15, 0.2) is 212 Å². The van der Waals surface area contributed by atoms with Gasteiger partial charge in [-0.15, -0.1) is 0 Å². The number of hydrogen-bond donors (Lipinski definition) is 0. The van der Waals surface area contributed by atoms with E-state index in [0.717, 1.165) is 98.8 Å². The molecule has 0 atom stereocenters. The first-order chi connectivity index (χ1) is 31.0. The molecule has 2 aliphatic rings. The maximum Gasteiger partial charge on any atom is 0.171 e. The minimum absolute atomic E-state index is 0.308. The van der Waals surface area contributed by atoms with Gasteiger partial charge in [0, 0.05) is 53.8 Å². The predicted molar refractivity (Wildman–Crippen MR) is 269 cm³/mol. The monoisotopic (exact) mass is 863 g/mol. The van der Waals surface area contributed by atoms with Crippen LogP contribution in [0.2, 0.25) is 0 Å². The van der Waals surface area contributed by atoms with Crippen LogP contribution >= 0.6 is 14.3 Å². The van der Waals surface area contributed by atoms with E-state index in [2.05, 4.69) is 185 Å². The van der Waals surface area contributed by atoms with E-state index in [0.29, 0.717) is 0 Å². The summed E-state index contributed by atoms with van der Waals surface area (Å²) in [7, 11) is -6.60. The third kappa shape index (κ3) is 6.13. The van der Waals surface area contributed by atoms with Crippen LogP contribution in [0.1, 0.15) is 49.9 Å². The summed E-state index contributed by atoms with van der Waals surface area (Å²) in [6.45, 7) is 8.91. The highest BCUT2D eigenvalue weighted by Crippen LogP contribution is 2.54. The summed E-state index contributed by atoms with van der Waals surface area (Å²) in [4.78, 5) is 5.43. The second kappa shape index (κ2) is 15.0. The minimum Gasteiger partial charge on any atom is -0.309 e. The van der Waals surface area contributed by atoms with Gasteiger partial charge in [-0.3, -0.25) is 0 Å². The highest BCUT2D eigenvalue weighted by molar-refractivity contribution is 7.86. The van der Waals surface area contributed by atoms with E-state index < -0.39 is 14.3 Å². The summed E-state index contributed by atoms with van der Waals surface area (Å²) >= 11 is 0. The van der Waals surface area contributed by atoms with Crippen molar-refractivity contribution in [2.24, 2.45) is 0 Å². The second-order valence-corrected chi connectivity index (χ2v) is 23.6. The Hall–Kier alpha value is -6.63. The minimum atomic E-state index is -3.30. The molecule has 0 fully saturated rings. The van der Waals surface area contributed by atoms with Gasteiger partial charge in [0.2, 0.25) is 0 Å². The molecule has 0 bridgehead atoms. The first-order valence-corrected chi connectivity index (χ1v) is 25.4. The van der Waals surface area contributed by atoms with Crippen LogP contribution in [-0.4, -0.2) is 4.98 Å². The van der Waals surface area contributed by atoms with Gasteiger partial charge in [-0.25, -0.2) is 4.98 Å². The highest BCUT2D eigenvalue weighted by Gasteiger charge is 2.46. The quantitative estimate of drug-likeness (QED) is 0.156. The van der Waals surface area contributed by atoms with Gasteiger partial charge in [0.05, 0.1) is 11.4 Å². The lowest BCUT2D eigenvalue weighted by molar-refractivity contribution is 0.585. The van der Waals surface area contributed by atoms with E-state index in [4.69, 9.17) is 4.98 Å². The summed E-state index contributed by atoms with van der Waals surface area (Å²) in [6, 6.07) is 72.8. The smallest absolute Gasteiger partial charge is 0.171 e. The standard InChI is InChI=1S/C59H47NO2P2/c1-58(2)48-24-8-12-28-54(48)63(61,55-29-13-9-25-49(55)58)46-22-16-20-43(36-46)52-38-45(42-34-32-41(33-35-42)40-18-6-5-7-19-40)39-53(60-52)44-21-17-23-47(37-44)64(62)56-30-14-10-26-50(56)59(3,4)51-27-11-15-31-57(51)64/h5-39H,1-4H3. The topological polar surface area (TPSA) is 47.0 Å². The third-order valence-corrected chi connectivity index (χ3v) is 20.1. The number of hydrogen-bond acceptors (Lipinski definition) is 3. The van der Waals surface area contributed by atoms with E-state index in [-0.39, 0.29) is 10.8 Å². The number of pyridine rings is 1. The van der Waals surface area contributed by atoms with Crippen molar-refractivity contribution in [2.45, 2.75) is 38.5 Å². The van der Waals surface area contributed by atoms with Crippen LogP contribution in [-0.2, 0) is 20.0 Å². The van der Waals surface area contributed by atoms with Crippen molar-refractivity contribution in [3.05, 3.63) is 235 Å². The molecule has 5 heteroatoms. The number of aromatic nitrogens is 1. The number of rotatable bonds is 6. The first-order valence-electron chi connectivity index (χ1n) is 22.0. The molecule has 0 radical (unpaired) electrons. The molecule has 0 N–H and O–H groups in total. The molecule has 0 unspecified atom stereocenters. The summed E-state index contributed by atoms with van der Waals surface area (Å²) < 4.78 is 32.1. The SMILES string of the molecule is CC1(C)c2ccccc2P(=O)(c2cccc(-c3cc(-c4ccc(-c5ccccc5)cc4)cc(-c4cccc(P5(=O)c6ccccc6C(C)(C)c6ccccc65)c4)n3)c2)c2ccccc21. The van der Waals surface area contributed by atoms with E-state index in [9.17, 15) is 0 Å². The number of nitrogens with zero attached hydrogens (tertiary/aromatic N) is 1. The van der Waals surface area contributed by atoms with Gasteiger partial charge >= 0.3 is 0 Å². The average Bonchev–Trinajstić information content (AvgIpc) is 3.35. The van der Waals surface area contributed by atoms with Crippen molar-refractivity contribution >= 4 is 46.1 Å². The predicted octanol–water partition coefficient (Wildman–Crippen LogP) is 12.3. The molecule has 0 spiro atoms. The molecule has 0 amide bonds. The van der Waals surface area contributed by atoms with Gasteiger partial charge in [-0.1, -0.05) is 216 Å². The zero-order valence-corrected chi connectivity index (χ0v) is 38.2. The first kappa shape index (κ1) is 40.2. The van der Waals surface area contributed by atoms with Crippen LogP contribution in [0, 0.1) is 0 Å². The Labute approximate surface area is 376 Å². The molecule has 3 nitrogen and oxygen atoms in total. The fourth-order valence-corrected chi connectivity index (χ4v) is 17.2. The molecule has 0 saturated carbocycles. The maximum atomic E-state index is 16.1. The Morgan fingerprint density at radius 1 is 0.312 bits per heavy atom. The average molecular weight is 864 g/mol. The third-order valence-electron chi connectivity index (χ3n) is 13.8. The highest BCUT2D eigenvalue weighted by atomic mass is 31.2. The van der Waals surface area contributed by atoms with Crippen molar-refractivity contribution in [1.82, 2.24) is 4.98 Å². The summed E-state index contributed by atoms with van der Waals surface area (Å²) in [5, 5.41) is 5.10. The van der Waals surface area contributed by atoms with E-state index in [1.165, 1.54) is 0 Å². The molecule has 64 heavy (non-hydrogen) atoms. The molecule has 11 rings (SSSR count). The van der Waals surface area contributed by atoms with Gasteiger partial charge in [0.15, 0.2) is 14.3 Å². The fraction of sp³-hybridized carbons (Fsp3) is 0.102. The van der Waals surface area contributed by atoms with Crippen LogP contribution in [0.3, 0.4) is 0 Å². The van der Waals surface area contributed by atoms with Crippen molar-refractivity contribution in [2.75, 3.05) is 0 Å². The Balaban J connectivity index is 1.09. The molecular formula is C59H47NO2P2. The van der Waals surface area contributed by atoms with Crippen molar-refractivity contribution in [1.29, 1.82) is 0 Å². The van der Waals surface area contributed by atoms with E-state index in [1.807, 2.05) is 54.6 Å².